The number of nitrogens with zero attached hydrogens (tertiary/aromatic N) is 1. The van der Waals surface area contributed by atoms with Gasteiger partial charge in [-0.05, 0) is 55.9 Å². The van der Waals surface area contributed by atoms with E-state index in [0.29, 0.717) is 5.56 Å². The number of anilines is 1. The number of imide groups is 1. The van der Waals surface area contributed by atoms with Gasteiger partial charge < -0.3 is 4.74 Å². The van der Waals surface area contributed by atoms with Crippen LogP contribution in [-0.4, -0.2) is 30.2 Å². The highest BCUT2D eigenvalue weighted by atomic mass is 16.5. The van der Waals surface area contributed by atoms with E-state index in [4.69, 9.17) is 4.74 Å². The molecule has 2 amide bonds. The van der Waals surface area contributed by atoms with Crippen molar-refractivity contribution in [1.29, 1.82) is 0 Å². The van der Waals surface area contributed by atoms with Gasteiger partial charge in [-0.3, -0.25) is 14.4 Å². The molecule has 2 aromatic carbocycles. The first kappa shape index (κ1) is 20.4. The molecule has 2 aromatic rings. The highest BCUT2D eigenvalue weighted by Crippen LogP contribution is 2.53. The Morgan fingerprint density at radius 3 is 2.28 bits per heavy atom. The average Bonchev–Trinajstić information content (AvgIpc) is 3.47. The minimum Gasteiger partial charge on any atom is -0.454 e. The molecule has 6 heteroatoms. The van der Waals surface area contributed by atoms with Gasteiger partial charge in [0, 0.05) is 5.56 Å². The summed E-state index contributed by atoms with van der Waals surface area (Å²) in [7, 11) is 0. The van der Waals surface area contributed by atoms with Crippen molar-refractivity contribution < 1.29 is 23.9 Å². The fourth-order valence-electron chi connectivity index (χ4n) is 5.30. The molecule has 3 aliphatic rings. The number of benzene rings is 2. The Labute approximate surface area is 185 Å². The van der Waals surface area contributed by atoms with Crippen LogP contribution < -0.4 is 4.90 Å². The molecule has 4 atom stereocenters. The number of Topliss-reactive ketones (excluding diaryl/α,β-unsaturated/α-hetero) is 1. The number of fused-ring (bicyclic) bond motifs is 5. The molecule has 162 valence electrons. The van der Waals surface area contributed by atoms with Crippen LogP contribution in [0.4, 0.5) is 5.69 Å². The van der Waals surface area contributed by atoms with Crippen molar-refractivity contribution in [1.82, 2.24) is 0 Å². The lowest BCUT2D eigenvalue weighted by Gasteiger charge is -2.20. The Morgan fingerprint density at radius 2 is 1.59 bits per heavy atom. The molecule has 0 N–H and O–H groups in total. The van der Waals surface area contributed by atoms with Crippen molar-refractivity contribution in [2.45, 2.75) is 20.3 Å². The summed E-state index contributed by atoms with van der Waals surface area (Å²) >= 11 is 0. The third kappa shape index (κ3) is 3.09. The van der Waals surface area contributed by atoms with Crippen LogP contribution in [0.15, 0.2) is 54.6 Å². The van der Waals surface area contributed by atoms with E-state index in [1.165, 1.54) is 6.07 Å². The van der Waals surface area contributed by atoms with Crippen molar-refractivity contribution in [3.05, 3.63) is 76.9 Å². The zero-order chi connectivity index (χ0) is 22.6. The number of allylic oxidation sites excluding steroid dienone is 2. The van der Waals surface area contributed by atoms with Gasteiger partial charge in [0.2, 0.25) is 17.6 Å². The molecule has 32 heavy (non-hydrogen) atoms. The highest BCUT2D eigenvalue weighted by molar-refractivity contribution is 6.24. The van der Waals surface area contributed by atoms with Gasteiger partial charge in [0.05, 0.1) is 23.1 Å². The van der Waals surface area contributed by atoms with Gasteiger partial charge >= 0.3 is 5.97 Å². The number of hydrogen-bond acceptors (Lipinski definition) is 5. The molecule has 0 unspecified atom stereocenters. The molecule has 1 saturated heterocycles. The third-order valence-corrected chi connectivity index (χ3v) is 6.86. The van der Waals surface area contributed by atoms with Gasteiger partial charge in [0.1, 0.15) is 0 Å². The number of carbonyl (C=O) groups excluding carboxylic acids is 4. The highest BCUT2D eigenvalue weighted by Gasteiger charge is 2.59. The van der Waals surface area contributed by atoms with E-state index in [2.05, 4.69) is 0 Å². The van der Waals surface area contributed by atoms with Gasteiger partial charge in [0.15, 0.2) is 6.61 Å². The molecule has 2 bridgehead atoms. The molecular formula is C26H23NO5. The summed E-state index contributed by atoms with van der Waals surface area (Å²) in [5.41, 5.74) is 2.58. The molecule has 1 saturated carbocycles. The molecule has 2 fully saturated rings. The second-order valence-corrected chi connectivity index (χ2v) is 8.85. The van der Waals surface area contributed by atoms with Gasteiger partial charge in [-0.1, -0.05) is 42.0 Å². The van der Waals surface area contributed by atoms with Crippen LogP contribution >= 0.6 is 0 Å². The standard InChI is InChI=1S/C26H23NO5/c1-14-7-8-15(2)19(11-14)21(28)13-32-26(31)18-5-3-4-6-20(18)27-24(29)22-16-9-10-17(12-16)23(22)25(27)30/h3-11,16-17,22-23H,12-13H2,1-2H3/t16-,17-,22-,23-/m0/s1. The number of rotatable bonds is 5. The lowest BCUT2D eigenvalue weighted by Crippen LogP contribution is -2.34. The summed E-state index contributed by atoms with van der Waals surface area (Å²) in [6.45, 7) is 3.30. The van der Waals surface area contributed by atoms with E-state index >= 15 is 0 Å². The van der Waals surface area contributed by atoms with E-state index < -0.39 is 12.6 Å². The van der Waals surface area contributed by atoms with Crippen LogP contribution in [0.2, 0.25) is 0 Å². The monoisotopic (exact) mass is 429 g/mol. The van der Waals surface area contributed by atoms with Crippen LogP contribution in [0.5, 0.6) is 0 Å². The van der Waals surface area contributed by atoms with Crippen molar-refractivity contribution in [2.75, 3.05) is 11.5 Å². The predicted octanol–water partition coefficient (Wildman–Crippen LogP) is 3.65. The number of ketones is 1. The Hall–Kier alpha value is -3.54. The molecule has 2 aliphatic carbocycles. The first-order valence-corrected chi connectivity index (χ1v) is 10.8. The van der Waals surface area contributed by atoms with Gasteiger partial charge in [-0.15, -0.1) is 0 Å². The van der Waals surface area contributed by atoms with Crippen LogP contribution in [-0.2, 0) is 14.3 Å². The van der Waals surface area contributed by atoms with E-state index in [1.807, 2.05) is 38.1 Å². The number of amides is 2. The average molecular weight is 429 g/mol. The molecule has 1 heterocycles. The first-order valence-electron chi connectivity index (χ1n) is 10.8. The summed E-state index contributed by atoms with van der Waals surface area (Å²) in [5, 5.41) is 0. The first-order chi connectivity index (χ1) is 15.4. The Bertz CT molecular complexity index is 1170. The summed E-state index contributed by atoms with van der Waals surface area (Å²) in [6.07, 6.45) is 4.89. The number of para-hydroxylation sites is 1. The van der Waals surface area contributed by atoms with E-state index in [0.717, 1.165) is 22.4 Å². The molecule has 1 aliphatic heterocycles. The minimum atomic E-state index is -0.738. The molecule has 6 nitrogen and oxygen atoms in total. The zero-order valence-corrected chi connectivity index (χ0v) is 17.9. The van der Waals surface area contributed by atoms with Crippen LogP contribution in [0.25, 0.3) is 0 Å². The SMILES string of the molecule is Cc1ccc(C)c(C(=O)COC(=O)c2ccccc2N2C(=O)[C@@H]3[C@@H](C2=O)[C@H]2C=C[C@H]3C2)c1. The lowest BCUT2D eigenvalue weighted by molar-refractivity contribution is -0.123. The minimum absolute atomic E-state index is 0.0840. The normalized spacial score (nSPS) is 25.4. The van der Waals surface area contributed by atoms with Crippen molar-refractivity contribution in [3.63, 3.8) is 0 Å². The zero-order valence-electron chi connectivity index (χ0n) is 17.9. The molecular weight excluding hydrogens is 406 g/mol. The van der Waals surface area contributed by atoms with Crippen LogP contribution in [0, 0.1) is 37.5 Å². The summed E-state index contributed by atoms with van der Waals surface area (Å²) in [5.74, 6) is -2.10. The topological polar surface area (TPSA) is 80.8 Å². The second kappa shape index (κ2) is 7.55. The predicted molar refractivity (Wildman–Crippen MR) is 117 cm³/mol. The number of ether oxygens (including phenoxy) is 1. The summed E-state index contributed by atoms with van der Waals surface area (Å²) < 4.78 is 5.31. The Kier molecular flexibility index (Phi) is 4.81. The van der Waals surface area contributed by atoms with Gasteiger partial charge in [0.25, 0.3) is 0 Å². The third-order valence-electron chi connectivity index (χ3n) is 6.86. The number of carbonyl (C=O) groups is 4. The van der Waals surface area contributed by atoms with Crippen molar-refractivity contribution in [3.8, 4) is 0 Å². The van der Waals surface area contributed by atoms with E-state index in [1.54, 1.807) is 24.3 Å². The quantitative estimate of drug-likeness (QED) is 0.314. The maximum absolute atomic E-state index is 13.1. The van der Waals surface area contributed by atoms with Crippen molar-refractivity contribution >= 4 is 29.3 Å². The molecule has 0 aromatic heterocycles. The molecule has 0 radical (unpaired) electrons. The summed E-state index contributed by atoms with van der Waals surface area (Å²) in [6, 6.07) is 11.9. The number of esters is 1. The lowest BCUT2D eigenvalue weighted by atomic mass is 9.85. The Balaban J connectivity index is 1.37. The number of aryl methyl sites for hydroxylation is 2. The maximum Gasteiger partial charge on any atom is 0.340 e. The van der Waals surface area contributed by atoms with Crippen LogP contribution in [0.1, 0.15) is 38.3 Å². The largest absolute Gasteiger partial charge is 0.454 e. The Morgan fingerprint density at radius 1 is 0.938 bits per heavy atom. The van der Waals surface area contributed by atoms with Crippen molar-refractivity contribution in [2.24, 2.45) is 23.7 Å². The van der Waals surface area contributed by atoms with E-state index in [9.17, 15) is 19.2 Å². The van der Waals surface area contributed by atoms with E-state index in [-0.39, 0.29) is 52.5 Å². The summed E-state index contributed by atoms with van der Waals surface area (Å²) in [4.78, 5) is 52.9. The molecule has 5 rings (SSSR count). The fraction of sp³-hybridized carbons (Fsp3) is 0.308. The number of hydrogen-bond donors (Lipinski definition) is 0. The second-order valence-electron chi connectivity index (χ2n) is 8.85. The van der Waals surface area contributed by atoms with Crippen LogP contribution in [0.3, 0.4) is 0 Å². The fourth-order valence-corrected chi connectivity index (χ4v) is 5.30. The van der Waals surface area contributed by atoms with Gasteiger partial charge in [-0.25, -0.2) is 9.69 Å². The smallest absolute Gasteiger partial charge is 0.340 e. The molecule has 0 spiro atoms. The van der Waals surface area contributed by atoms with Gasteiger partial charge in [-0.2, -0.15) is 0 Å². The maximum atomic E-state index is 13.1.